The molecule has 0 saturated heterocycles. The van der Waals surface area contributed by atoms with Crippen molar-refractivity contribution in [2.45, 2.75) is 33.2 Å². The Balaban J connectivity index is 2.12. The number of nitrogens with zero attached hydrogens (tertiary/aromatic N) is 3. The van der Waals surface area contributed by atoms with E-state index in [0.29, 0.717) is 0 Å². The molecule has 1 amide bonds. The van der Waals surface area contributed by atoms with Gasteiger partial charge in [0, 0.05) is 11.2 Å². The van der Waals surface area contributed by atoms with Gasteiger partial charge in [0.2, 0.25) is 5.91 Å². The Kier molecular flexibility index (Phi) is 3.82. The molecular formula is C15H21N5O. The van der Waals surface area contributed by atoms with Gasteiger partial charge >= 0.3 is 0 Å². The number of amides is 1. The van der Waals surface area contributed by atoms with E-state index in [9.17, 15) is 4.79 Å². The molecule has 0 atom stereocenters. The first-order valence-corrected chi connectivity index (χ1v) is 6.77. The maximum absolute atomic E-state index is 12.4. The zero-order chi connectivity index (χ0) is 15.7. The molecule has 6 nitrogen and oxygen atoms in total. The summed E-state index contributed by atoms with van der Waals surface area (Å²) >= 11 is 0. The standard InChI is InChI=1S/C15H21N5O/c1-14(2,15(3,4)16)13(21)19-11-5-7-12(8-6-11)20-10-17-9-18-20/h5-10H,16H2,1-4H3,(H,19,21). The third-order valence-electron chi connectivity index (χ3n) is 3.99. The minimum Gasteiger partial charge on any atom is -0.326 e. The molecule has 1 heterocycles. The van der Waals surface area contributed by atoms with Crippen LogP contribution < -0.4 is 11.1 Å². The number of nitrogens with two attached hydrogens (primary N) is 1. The van der Waals surface area contributed by atoms with Gasteiger partial charge in [-0.25, -0.2) is 9.67 Å². The maximum atomic E-state index is 12.4. The van der Waals surface area contributed by atoms with E-state index in [-0.39, 0.29) is 5.91 Å². The second kappa shape index (κ2) is 5.29. The van der Waals surface area contributed by atoms with E-state index in [1.807, 2.05) is 52.0 Å². The van der Waals surface area contributed by atoms with E-state index in [1.54, 1.807) is 11.0 Å². The van der Waals surface area contributed by atoms with Crippen molar-refractivity contribution >= 4 is 11.6 Å². The average molecular weight is 287 g/mol. The van der Waals surface area contributed by atoms with Crippen molar-refractivity contribution in [2.24, 2.45) is 11.1 Å². The van der Waals surface area contributed by atoms with E-state index in [0.717, 1.165) is 11.4 Å². The number of hydrogen-bond donors (Lipinski definition) is 2. The van der Waals surface area contributed by atoms with Crippen molar-refractivity contribution in [1.29, 1.82) is 0 Å². The van der Waals surface area contributed by atoms with Gasteiger partial charge in [0.15, 0.2) is 0 Å². The van der Waals surface area contributed by atoms with Gasteiger partial charge in [-0.2, -0.15) is 5.10 Å². The topological polar surface area (TPSA) is 85.8 Å². The number of nitrogens with one attached hydrogen (secondary N) is 1. The Morgan fingerprint density at radius 2 is 1.81 bits per heavy atom. The number of benzene rings is 1. The molecule has 6 heteroatoms. The van der Waals surface area contributed by atoms with E-state index >= 15 is 0 Å². The Hall–Kier alpha value is -2.21. The fourth-order valence-electron chi connectivity index (χ4n) is 1.62. The SMILES string of the molecule is CC(C)(N)C(C)(C)C(=O)Nc1ccc(-n2cncn2)cc1. The second-order valence-electron chi connectivity index (χ2n) is 6.19. The quantitative estimate of drug-likeness (QED) is 0.900. The summed E-state index contributed by atoms with van der Waals surface area (Å²) in [6, 6.07) is 7.39. The smallest absolute Gasteiger partial charge is 0.231 e. The van der Waals surface area contributed by atoms with E-state index < -0.39 is 11.0 Å². The van der Waals surface area contributed by atoms with Crippen LogP contribution in [-0.2, 0) is 4.79 Å². The molecule has 1 aromatic heterocycles. The summed E-state index contributed by atoms with van der Waals surface area (Å²) in [7, 11) is 0. The molecule has 0 spiro atoms. The van der Waals surface area contributed by atoms with Crippen LogP contribution in [0.15, 0.2) is 36.9 Å². The number of anilines is 1. The van der Waals surface area contributed by atoms with Crippen LogP contribution in [0.2, 0.25) is 0 Å². The zero-order valence-electron chi connectivity index (χ0n) is 12.8. The van der Waals surface area contributed by atoms with Crippen LogP contribution in [0.1, 0.15) is 27.7 Å². The van der Waals surface area contributed by atoms with Crippen LogP contribution in [0.25, 0.3) is 5.69 Å². The van der Waals surface area contributed by atoms with Crippen molar-refractivity contribution in [3.8, 4) is 5.69 Å². The number of rotatable bonds is 4. The van der Waals surface area contributed by atoms with Gasteiger partial charge in [0.25, 0.3) is 0 Å². The number of hydrogen-bond acceptors (Lipinski definition) is 4. The van der Waals surface area contributed by atoms with Crippen molar-refractivity contribution in [2.75, 3.05) is 5.32 Å². The van der Waals surface area contributed by atoms with Crippen molar-refractivity contribution < 1.29 is 4.79 Å². The molecule has 0 radical (unpaired) electrons. The Bertz CT molecular complexity index is 609. The van der Waals surface area contributed by atoms with Crippen molar-refractivity contribution in [1.82, 2.24) is 14.8 Å². The molecule has 0 fully saturated rings. The highest BCUT2D eigenvalue weighted by atomic mass is 16.2. The lowest BCUT2D eigenvalue weighted by molar-refractivity contribution is -0.126. The normalized spacial score (nSPS) is 12.2. The molecule has 112 valence electrons. The maximum Gasteiger partial charge on any atom is 0.231 e. The second-order valence-corrected chi connectivity index (χ2v) is 6.19. The number of aromatic nitrogens is 3. The summed E-state index contributed by atoms with van der Waals surface area (Å²) in [5.41, 5.74) is 6.38. The van der Waals surface area contributed by atoms with Gasteiger partial charge in [0.05, 0.1) is 11.1 Å². The van der Waals surface area contributed by atoms with Crippen molar-refractivity contribution in [3.05, 3.63) is 36.9 Å². The molecular weight excluding hydrogens is 266 g/mol. The molecule has 3 N–H and O–H groups in total. The van der Waals surface area contributed by atoms with Crippen LogP contribution in [0.3, 0.4) is 0 Å². The lowest BCUT2D eigenvalue weighted by Crippen LogP contribution is -2.53. The monoisotopic (exact) mass is 287 g/mol. The van der Waals surface area contributed by atoms with Gasteiger partial charge in [0.1, 0.15) is 12.7 Å². The van der Waals surface area contributed by atoms with Gasteiger partial charge in [-0.15, -0.1) is 0 Å². The lowest BCUT2D eigenvalue weighted by Gasteiger charge is -2.36. The third-order valence-corrected chi connectivity index (χ3v) is 3.99. The highest BCUT2D eigenvalue weighted by Crippen LogP contribution is 2.29. The molecule has 0 aliphatic carbocycles. The fraction of sp³-hybridized carbons (Fsp3) is 0.400. The number of carbonyl (C=O) groups excluding carboxylic acids is 1. The first-order chi connectivity index (χ1) is 9.72. The van der Waals surface area contributed by atoms with Gasteiger partial charge in [-0.05, 0) is 52.0 Å². The van der Waals surface area contributed by atoms with Crippen LogP contribution in [0.4, 0.5) is 5.69 Å². The zero-order valence-corrected chi connectivity index (χ0v) is 12.8. The van der Waals surface area contributed by atoms with E-state index in [1.165, 1.54) is 6.33 Å². The van der Waals surface area contributed by atoms with Crippen LogP contribution in [0.5, 0.6) is 0 Å². The summed E-state index contributed by atoms with van der Waals surface area (Å²) < 4.78 is 1.65. The molecule has 0 unspecified atom stereocenters. The summed E-state index contributed by atoms with van der Waals surface area (Å²) in [4.78, 5) is 16.3. The van der Waals surface area contributed by atoms with Gasteiger partial charge in [-0.1, -0.05) is 0 Å². The minimum absolute atomic E-state index is 0.108. The Labute approximate surface area is 124 Å². The Morgan fingerprint density at radius 3 is 2.29 bits per heavy atom. The largest absolute Gasteiger partial charge is 0.326 e. The van der Waals surface area contributed by atoms with E-state index in [2.05, 4.69) is 15.4 Å². The first-order valence-electron chi connectivity index (χ1n) is 6.77. The fourth-order valence-corrected chi connectivity index (χ4v) is 1.62. The Morgan fingerprint density at radius 1 is 1.19 bits per heavy atom. The summed E-state index contributed by atoms with van der Waals surface area (Å²) in [6.45, 7) is 7.37. The number of carbonyl (C=O) groups is 1. The predicted molar refractivity (Wildman–Crippen MR) is 82.0 cm³/mol. The summed E-state index contributed by atoms with van der Waals surface area (Å²) in [5, 5.41) is 6.95. The molecule has 2 aromatic rings. The molecule has 0 saturated carbocycles. The van der Waals surface area contributed by atoms with E-state index in [4.69, 9.17) is 5.73 Å². The van der Waals surface area contributed by atoms with Gasteiger partial charge < -0.3 is 11.1 Å². The predicted octanol–water partition coefficient (Wildman–Crippen LogP) is 1.97. The summed E-state index contributed by atoms with van der Waals surface area (Å²) in [6.07, 6.45) is 3.09. The lowest BCUT2D eigenvalue weighted by atomic mass is 9.74. The van der Waals surface area contributed by atoms with Crippen LogP contribution >= 0.6 is 0 Å². The molecule has 0 aliphatic rings. The molecule has 1 aromatic carbocycles. The molecule has 21 heavy (non-hydrogen) atoms. The highest BCUT2D eigenvalue weighted by molar-refractivity contribution is 5.95. The average Bonchev–Trinajstić information content (AvgIpc) is 2.92. The first kappa shape index (κ1) is 15.2. The minimum atomic E-state index is -0.683. The molecule has 0 aliphatic heterocycles. The molecule has 2 rings (SSSR count). The van der Waals surface area contributed by atoms with Crippen molar-refractivity contribution in [3.63, 3.8) is 0 Å². The van der Waals surface area contributed by atoms with Gasteiger partial charge in [-0.3, -0.25) is 4.79 Å². The van der Waals surface area contributed by atoms with Crippen LogP contribution in [0, 0.1) is 5.41 Å². The van der Waals surface area contributed by atoms with Crippen LogP contribution in [-0.4, -0.2) is 26.2 Å². The summed E-state index contributed by atoms with van der Waals surface area (Å²) in [5.74, 6) is -0.108. The third kappa shape index (κ3) is 3.11. The highest BCUT2D eigenvalue weighted by Gasteiger charge is 2.40. The molecule has 0 bridgehead atoms.